The summed E-state index contributed by atoms with van der Waals surface area (Å²) >= 11 is 0. The van der Waals surface area contributed by atoms with Crippen LogP contribution in [0, 0.1) is 22.7 Å². The number of nitrogens with zero attached hydrogens (tertiary/aromatic N) is 6. The van der Waals surface area contributed by atoms with Crippen molar-refractivity contribution in [1.29, 1.82) is 5.26 Å². The summed E-state index contributed by atoms with van der Waals surface area (Å²) < 4.78 is 16.9. The van der Waals surface area contributed by atoms with E-state index in [0.29, 0.717) is 84.4 Å². The number of carbonyl (C=O) groups excluding carboxylic acids is 2. The maximum absolute atomic E-state index is 13.9. The third-order valence-corrected chi connectivity index (χ3v) is 9.79. The SMILES string of the molecule is CC1(C)CN(C(=O)[C@H](CN2CCOCC2)N2CCN(C(=O)C3(C#N)CCN(CC4CCOCC4)CC3)CC2)CCO1. The Morgan fingerprint density at radius 2 is 1.49 bits per heavy atom. The number of ether oxygens (including phenoxy) is 3. The van der Waals surface area contributed by atoms with Crippen molar-refractivity contribution in [1.82, 2.24) is 24.5 Å². The molecule has 5 saturated heterocycles. The highest BCUT2D eigenvalue weighted by Crippen LogP contribution is 2.34. The van der Waals surface area contributed by atoms with Crippen LogP contribution in [0.2, 0.25) is 0 Å². The zero-order chi connectivity index (χ0) is 28.9. The largest absolute Gasteiger partial charge is 0.381 e. The molecular formula is C30H50N6O5. The zero-order valence-electron chi connectivity index (χ0n) is 25.2. The molecule has 5 aliphatic rings. The summed E-state index contributed by atoms with van der Waals surface area (Å²) in [6.45, 7) is 16.2. The fourth-order valence-electron chi connectivity index (χ4n) is 7.12. The molecule has 11 heteroatoms. The minimum atomic E-state index is -0.934. The quantitative estimate of drug-likeness (QED) is 0.430. The van der Waals surface area contributed by atoms with Crippen LogP contribution < -0.4 is 0 Å². The van der Waals surface area contributed by atoms with Crippen LogP contribution in [0.4, 0.5) is 0 Å². The van der Waals surface area contributed by atoms with E-state index in [2.05, 4.69) is 20.8 Å². The highest BCUT2D eigenvalue weighted by molar-refractivity contribution is 5.86. The van der Waals surface area contributed by atoms with E-state index >= 15 is 0 Å². The molecule has 11 nitrogen and oxygen atoms in total. The minimum Gasteiger partial charge on any atom is -0.381 e. The maximum atomic E-state index is 13.9. The van der Waals surface area contributed by atoms with E-state index in [4.69, 9.17) is 14.2 Å². The number of morpholine rings is 2. The van der Waals surface area contributed by atoms with Crippen molar-refractivity contribution >= 4 is 11.8 Å². The molecule has 230 valence electrons. The first kappa shape index (κ1) is 30.6. The smallest absolute Gasteiger partial charge is 0.243 e. The molecule has 5 fully saturated rings. The summed E-state index contributed by atoms with van der Waals surface area (Å²) in [5, 5.41) is 10.2. The van der Waals surface area contributed by atoms with Crippen molar-refractivity contribution in [3.63, 3.8) is 0 Å². The van der Waals surface area contributed by atoms with Gasteiger partial charge in [0.15, 0.2) is 0 Å². The van der Waals surface area contributed by atoms with E-state index in [9.17, 15) is 14.9 Å². The normalized spacial score (nSPS) is 27.7. The number of likely N-dealkylation sites (tertiary alicyclic amines) is 1. The van der Waals surface area contributed by atoms with Crippen LogP contribution in [0.1, 0.15) is 39.5 Å². The van der Waals surface area contributed by atoms with Gasteiger partial charge in [0.2, 0.25) is 11.8 Å². The average molecular weight is 575 g/mol. The fourth-order valence-corrected chi connectivity index (χ4v) is 7.12. The number of amides is 2. The Hall–Kier alpha value is -1.81. The Morgan fingerprint density at radius 1 is 0.829 bits per heavy atom. The van der Waals surface area contributed by atoms with Crippen molar-refractivity contribution in [2.24, 2.45) is 11.3 Å². The first-order valence-electron chi connectivity index (χ1n) is 15.8. The summed E-state index contributed by atoms with van der Waals surface area (Å²) in [7, 11) is 0. The molecule has 5 aliphatic heterocycles. The lowest BCUT2D eigenvalue weighted by Gasteiger charge is -2.46. The second kappa shape index (κ2) is 13.7. The van der Waals surface area contributed by atoms with E-state index in [1.165, 1.54) is 0 Å². The first-order chi connectivity index (χ1) is 19.8. The third-order valence-electron chi connectivity index (χ3n) is 9.79. The summed E-state index contributed by atoms with van der Waals surface area (Å²) in [6.07, 6.45) is 3.39. The van der Waals surface area contributed by atoms with Gasteiger partial charge >= 0.3 is 0 Å². The number of rotatable bonds is 7. The first-order valence-corrected chi connectivity index (χ1v) is 15.8. The van der Waals surface area contributed by atoms with Crippen molar-refractivity contribution in [2.45, 2.75) is 51.2 Å². The Labute approximate surface area is 245 Å². The standard InChI is InChI=1S/C30H50N6O5/c1-29(2)24-36(15-20-41-29)27(37)26(22-33-13-18-40-19-14-33)34-9-11-35(12-10-34)28(38)30(23-31)5-7-32(8-6-30)21-25-3-16-39-17-4-25/h25-26H,3-22,24H2,1-2H3/t26-/m0/s1. The van der Waals surface area contributed by atoms with Gasteiger partial charge in [-0.05, 0) is 45.4 Å². The van der Waals surface area contributed by atoms with Gasteiger partial charge in [-0.1, -0.05) is 0 Å². The summed E-state index contributed by atoms with van der Waals surface area (Å²) in [5.74, 6) is 0.785. The molecule has 0 aliphatic carbocycles. The molecule has 2 amide bonds. The molecule has 0 radical (unpaired) electrons. The van der Waals surface area contributed by atoms with E-state index in [1.54, 1.807) is 0 Å². The molecule has 0 aromatic heterocycles. The van der Waals surface area contributed by atoms with Gasteiger partial charge in [-0.3, -0.25) is 19.4 Å². The molecule has 0 aromatic carbocycles. The number of hydrogen-bond donors (Lipinski definition) is 0. The molecule has 1 atom stereocenters. The Balaban J connectivity index is 1.18. The third kappa shape index (κ3) is 7.59. The molecule has 5 heterocycles. The van der Waals surface area contributed by atoms with Gasteiger partial charge in [0, 0.05) is 91.8 Å². The van der Waals surface area contributed by atoms with E-state index < -0.39 is 5.41 Å². The van der Waals surface area contributed by atoms with Crippen LogP contribution >= 0.6 is 0 Å². The Kier molecular flexibility index (Phi) is 10.2. The maximum Gasteiger partial charge on any atom is 0.243 e. The molecular weight excluding hydrogens is 524 g/mol. The average Bonchev–Trinajstić information content (AvgIpc) is 3.00. The lowest BCUT2D eigenvalue weighted by atomic mass is 9.78. The molecule has 0 N–H and O–H groups in total. The van der Waals surface area contributed by atoms with E-state index in [-0.39, 0.29) is 23.5 Å². The number of hydrogen-bond acceptors (Lipinski definition) is 9. The van der Waals surface area contributed by atoms with Crippen LogP contribution in [0.15, 0.2) is 0 Å². The second-order valence-electron chi connectivity index (χ2n) is 13.2. The summed E-state index contributed by atoms with van der Waals surface area (Å²) in [4.78, 5) is 38.6. The number of carbonyl (C=O) groups is 2. The van der Waals surface area contributed by atoms with Gasteiger partial charge in [0.25, 0.3) is 0 Å². The van der Waals surface area contributed by atoms with Gasteiger partial charge in [-0.2, -0.15) is 5.26 Å². The Morgan fingerprint density at radius 3 is 2.12 bits per heavy atom. The van der Waals surface area contributed by atoms with Crippen molar-refractivity contribution < 1.29 is 23.8 Å². The number of piperidine rings is 1. The lowest BCUT2D eigenvalue weighted by molar-refractivity contribution is -0.154. The molecule has 0 aromatic rings. The van der Waals surface area contributed by atoms with Gasteiger partial charge in [-0.15, -0.1) is 0 Å². The summed E-state index contributed by atoms with van der Waals surface area (Å²) in [6, 6.07) is 2.19. The van der Waals surface area contributed by atoms with Gasteiger partial charge < -0.3 is 28.9 Å². The summed E-state index contributed by atoms with van der Waals surface area (Å²) in [5.41, 5.74) is -1.29. The highest BCUT2D eigenvalue weighted by Gasteiger charge is 2.46. The van der Waals surface area contributed by atoms with E-state index in [1.807, 2.05) is 23.6 Å². The van der Waals surface area contributed by atoms with Crippen LogP contribution in [0.5, 0.6) is 0 Å². The zero-order valence-corrected chi connectivity index (χ0v) is 25.2. The van der Waals surface area contributed by atoms with Gasteiger partial charge in [0.1, 0.15) is 11.5 Å². The predicted molar refractivity (Wildman–Crippen MR) is 153 cm³/mol. The molecule has 0 unspecified atom stereocenters. The van der Waals surface area contributed by atoms with Crippen LogP contribution in [0.3, 0.4) is 0 Å². The second-order valence-corrected chi connectivity index (χ2v) is 13.2. The van der Waals surface area contributed by atoms with Crippen molar-refractivity contribution in [3.8, 4) is 6.07 Å². The van der Waals surface area contributed by atoms with Crippen LogP contribution in [-0.4, -0.2) is 160 Å². The van der Waals surface area contributed by atoms with Crippen LogP contribution in [-0.2, 0) is 23.8 Å². The van der Waals surface area contributed by atoms with Gasteiger partial charge in [-0.25, -0.2) is 0 Å². The monoisotopic (exact) mass is 574 g/mol. The van der Waals surface area contributed by atoms with Crippen molar-refractivity contribution in [3.05, 3.63) is 0 Å². The highest BCUT2D eigenvalue weighted by atomic mass is 16.5. The van der Waals surface area contributed by atoms with Crippen LogP contribution in [0.25, 0.3) is 0 Å². The Bertz CT molecular complexity index is 928. The molecule has 0 bridgehead atoms. The van der Waals surface area contributed by atoms with Gasteiger partial charge in [0.05, 0.1) is 31.5 Å². The topological polar surface area (TPSA) is 102 Å². The molecule has 41 heavy (non-hydrogen) atoms. The number of piperazine rings is 1. The minimum absolute atomic E-state index is 0.0173. The molecule has 0 saturated carbocycles. The fraction of sp³-hybridized carbons (Fsp3) is 0.900. The molecule has 5 rings (SSSR count). The lowest BCUT2D eigenvalue weighted by Crippen LogP contribution is -2.63. The predicted octanol–water partition coefficient (Wildman–Crippen LogP) is 0.501. The van der Waals surface area contributed by atoms with Crippen molar-refractivity contribution in [2.75, 3.05) is 112 Å². The van der Waals surface area contributed by atoms with E-state index in [0.717, 1.165) is 58.8 Å². The number of nitriles is 1. The molecule has 0 spiro atoms.